The Morgan fingerprint density at radius 1 is 1.17 bits per heavy atom. The maximum absolute atomic E-state index is 12.3. The third kappa shape index (κ3) is 5.46. The summed E-state index contributed by atoms with van der Waals surface area (Å²) in [6, 6.07) is 12.3. The first-order valence-electron chi connectivity index (χ1n) is 8.53. The quantitative estimate of drug-likeness (QED) is 0.303. The van der Waals surface area contributed by atoms with Gasteiger partial charge in [-0.2, -0.15) is 5.26 Å². The van der Waals surface area contributed by atoms with Crippen LogP contribution in [0.2, 0.25) is 0 Å². The van der Waals surface area contributed by atoms with Gasteiger partial charge >= 0.3 is 0 Å². The lowest BCUT2D eigenvalue weighted by atomic mass is 10.1. The Morgan fingerprint density at radius 3 is 2.38 bits per heavy atom. The minimum absolute atomic E-state index is 0.0931. The Balaban J connectivity index is 2.07. The number of rotatable bonds is 8. The number of hydrogen-bond acceptors (Lipinski definition) is 7. The first-order valence-corrected chi connectivity index (χ1v) is 8.53. The van der Waals surface area contributed by atoms with E-state index in [2.05, 4.69) is 10.6 Å². The number of carbonyl (C=O) groups is 1. The number of nitro benzene ring substituents is 1. The minimum Gasteiger partial charge on any atom is -0.493 e. The molecule has 0 spiro atoms. The minimum atomic E-state index is -0.631. The normalized spacial score (nSPS) is 11.7. The highest BCUT2D eigenvalue weighted by Gasteiger charge is 2.13. The van der Waals surface area contributed by atoms with E-state index in [1.807, 2.05) is 19.1 Å². The van der Waals surface area contributed by atoms with Gasteiger partial charge in [0, 0.05) is 30.1 Å². The number of ether oxygens (including phenoxy) is 2. The molecule has 1 unspecified atom stereocenters. The van der Waals surface area contributed by atoms with Gasteiger partial charge < -0.3 is 20.1 Å². The number of non-ortho nitro benzene ring substituents is 1. The highest BCUT2D eigenvalue weighted by Crippen LogP contribution is 2.29. The molecule has 9 heteroatoms. The molecule has 150 valence electrons. The Bertz CT molecular complexity index is 964. The van der Waals surface area contributed by atoms with E-state index in [1.54, 1.807) is 19.2 Å². The number of benzene rings is 2. The number of nitrogens with one attached hydrogen (secondary N) is 2. The molecule has 0 radical (unpaired) electrons. The Hall–Kier alpha value is -4.06. The Kier molecular flexibility index (Phi) is 7.14. The summed E-state index contributed by atoms with van der Waals surface area (Å²) < 4.78 is 10.5. The van der Waals surface area contributed by atoms with Gasteiger partial charge in [0.25, 0.3) is 11.6 Å². The molecule has 0 aliphatic heterocycles. The molecule has 2 aromatic carbocycles. The predicted octanol–water partition coefficient (Wildman–Crippen LogP) is 3.31. The van der Waals surface area contributed by atoms with Gasteiger partial charge in [-0.1, -0.05) is 6.07 Å². The van der Waals surface area contributed by atoms with Crippen LogP contribution >= 0.6 is 0 Å². The van der Waals surface area contributed by atoms with Crippen molar-refractivity contribution in [3.05, 3.63) is 69.9 Å². The molecular formula is C20H20N4O5. The lowest BCUT2D eigenvalue weighted by Gasteiger charge is -2.15. The number of nitriles is 1. The number of methoxy groups -OCH3 is 2. The van der Waals surface area contributed by atoms with E-state index in [0.717, 1.165) is 5.56 Å². The van der Waals surface area contributed by atoms with Crippen LogP contribution in [0.4, 0.5) is 11.4 Å². The van der Waals surface area contributed by atoms with Crippen LogP contribution in [0.15, 0.2) is 54.2 Å². The van der Waals surface area contributed by atoms with E-state index < -0.39 is 10.8 Å². The monoisotopic (exact) mass is 396 g/mol. The number of nitrogens with zero attached hydrogens (tertiary/aromatic N) is 2. The van der Waals surface area contributed by atoms with Crippen LogP contribution < -0.4 is 20.1 Å². The molecule has 9 nitrogen and oxygen atoms in total. The molecule has 0 saturated heterocycles. The van der Waals surface area contributed by atoms with Gasteiger partial charge in [-0.15, -0.1) is 0 Å². The molecule has 1 amide bonds. The van der Waals surface area contributed by atoms with Crippen molar-refractivity contribution in [2.24, 2.45) is 0 Å². The summed E-state index contributed by atoms with van der Waals surface area (Å²) in [5.41, 5.74) is 0.974. The zero-order valence-corrected chi connectivity index (χ0v) is 16.1. The Morgan fingerprint density at radius 2 is 1.83 bits per heavy atom. The number of carbonyl (C=O) groups excluding carboxylic acids is 1. The highest BCUT2D eigenvalue weighted by molar-refractivity contribution is 6.06. The maximum atomic E-state index is 12.3. The van der Waals surface area contributed by atoms with Crippen LogP contribution in [0, 0.1) is 21.4 Å². The molecule has 1 atom stereocenters. The standard InChI is InChI=1S/C20H20N4O5/c1-13(14-4-9-18(28-2)19(10-14)29-3)22-12-15(11-21)20(25)23-16-5-7-17(8-6-16)24(26)27/h4-10,12-13,22H,1-3H3,(H,23,25)/b15-12-. The van der Waals surface area contributed by atoms with Crippen molar-refractivity contribution >= 4 is 17.3 Å². The zero-order chi connectivity index (χ0) is 21.4. The third-order valence-electron chi connectivity index (χ3n) is 4.09. The second-order valence-corrected chi connectivity index (χ2v) is 5.93. The SMILES string of the molecule is COc1ccc(C(C)N/C=C(/C#N)C(=O)Nc2ccc([N+](=O)[O-])cc2)cc1OC. The molecule has 0 aliphatic carbocycles. The molecule has 0 heterocycles. The van der Waals surface area contributed by atoms with Crippen LogP contribution in [-0.4, -0.2) is 25.1 Å². The average molecular weight is 396 g/mol. The fraction of sp³-hybridized carbons (Fsp3) is 0.200. The molecular weight excluding hydrogens is 376 g/mol. The van der Waals surface area contributed by atoms with E-state index in [1.165, 1.54) is 37.6 Å². The van der Waals surface area contributed by atoms with Crippen molar-refractivity contribution in [1.29, 1.82) is 5.26 Å². The van der Waals surface area contributed by atoms with Crippen LogP contribution in [-0.2, 0) is 4.79 Å². The summed E-state index contributed by atoms with van der Waals surface area (Å²) in [5, 5.41) is 25.5. The van der Waals surface area contributed by atoms with Crippen LogP contribution in [0.25, 0.3) is 0 Å². The molecule has 0 aromatic heterocycles. The largest absolute Gasteiger partial charge is 0.493 e. The molecule has 29 heavy (non-hydrogen) atoms. The van der Waals surface area contributed by atoms with Gasteiger partial charge in [0.2, 0.25) is 0 Å². The highest BCUT2D eigenvalue weighted by atomic mass is 16.6. The summed E-state index contributed by atoms with van der Waals surface area (Å²) in [7, 11) is 3.08. The zero-order valence-electron chi connectivity index (χ0n) is 16.1. The van der Waals surface area contributed by atoms with Gasteiger partial charge in [0.15, 0.2) is 11.5 Å². The number of anilines is 1. The number of amides is 1. The van der Waals surface area contributed by atoms with Crippen molar-refractivity contribution < 1.29 is 19.2 Å². The van der Waals surface area contributed by atoms with E-state index >= 15 is 0 Å². The molecule has 0 fully saturated rings. The summed E-state index contributed by atoms with van der Waals surface area (Å²) >= 11 is 0. The maximum Gasteiger partial charge on any atom is 0.269 e. The predicted molar refractivity (Wildman–Crippen MR) is 107 cm³/mol. The Labute approximate surface area is 167 Å². The molecule has 0 saturated carbocycles. The fourth-order valence-corrected chi connectivity index (χ4v) is 2.44. The summed E-state index contributed by atoms with van der Waals surface area (Å²) in [6.07, 6.45) is 1.32. The van der Waals surface area contributed by atoms with Crippen molar-refractivity contribution in [3.63, 3.8) is 0 Å². The van der Waals surface area contributed by atoms with Crippen LogP contribution in [0.3, 0.4) is 0 Å². The second-order valence-electron chi connectivity index (χ2n) is 5.93. The second kappa shape index (κ2) is 9.75. The van der Waals surface area contributed by atoms with Crippen LogP contribution in [0.5, 0.6) is 11.5 Å². The van der Waals surface area contributed by atoms with Crippen molar-refractivity contribution in [1.82, 2.24) is 5.32 Å². The molecule has 2 rings (SSSR count). The fourth-order valence-electron chi connectivity index (χ4n) is 2.44. The van der Waals surface area contributed by atoms with Crippen molar-refractivity contribution in [2.45, 2.75) is 13.0 Å². The van der Waals surface area contributed by atoms with Crippen molar-refractivity contribution in [2.75, 3.05) is 19.5 Å². The molecule has 2 N–H and O–H groups in total. The van der Waals surface area contributed by atoms with Crippen LogP contribution in [0.1, 0.15) is 18.5 Å². The van der Waals surface area contributed by atoms with E-state index in [-0.39, 0.29) is 17.3 Å². The lowest BCUT2D eigenvalue weighted by molar-refractivity contribution is -0.384. The van der Waals surface area contributed by atoms with Gasteiger partial charge in [-0.25, -0.2) is 0 Å². The summed E-state index contributed by atoms with van der Waals surface area (Å²) in [4.78, 5) is 22.4. The topological polar surface area (TPSA) is 127 Å². The third-order valence-corrected chi connectivity index (χ3v) is 4.09. The molecule has 2 aromatic rings. The summed E-state index contributed by atoms with van der Waals surface area (Å²) in [5.74, 6) is 0.534. The summed E-state index contributed by atoms with van der Waals surface area (Å²) in [6.45, 7) is 1.86. The average Bonchev–Trinajstić information content (AvgIpc) is 2.73. The first-order chi connectivity index (χ1) is 13.9. The first kappa shape index (κ1) is 21.2. The van der Waals surface area contributed by atoms with E-state index in [0.29, 0.717) is 17.2 Å². The van der Waals surface area contributed by atoms with Gasteiger partial charge in [-0.3, -0.25) is 14.9 Å². The van der Waals surface area contributed by atoms with Gasteiger partial charge in [-0.05, 0) is 36.8 Å². The lowest BCUT2D eigenvalue weighted by Crippen LogP contribution is -2.18. The van der Waals surface area contributed by atoms with Gasteiger partial charge in [0.1, 0.15) is 11.6 Å². The van der Waals surface area contributed by atoms with E-state index in [4.69, 9.17) is 9.47 Å². The molecule has 0 bridgehead atoms. The molecule has 0 aliphatic rings. The number of nitro groups is 1. The smallest absolute Gasteiger partial charge is 0.269 e. The van der Waals surface area contributed by atoms with Gasteiger partial charge in [0.05, 0.1) is 19.1 Å². The van der Waals surface area contributed by atoms with E-state index in [9.17, 15) is 20.2 Å². The van der Waals surface area contributed by atoms with Crippen molar-refractivity contribution in [3.8, 4) is 17.6 Å². The number of hydrogen-bond donors (Lipinski definition) is 2.